The SMILES string of the molecule is CCn1nccc1C(C)NC(=O)c1ccnn1C(C)C(=O)O. The largest absolute Gasteiger partial charge is 0.480 e. The topological polar surface area (TPSA) is 102 Å². The molecule has 1 amide bonds. The number of carboxylic acids is 1. The summed E-state index contributed by atoms with van der Waals surface area (Å²) in [6.07, 6.45) is 3.09. The molecule has 8 heteroatoms. The van der Waals surface area contributed by atoms with Crippen LogP contribution >= 0.6 is 0 Å². The first-order valence-corrected chi connectivity index (χ1v) is 7.04. The summed E-state index contributed by atoms with van der Waals surface area (Å²) in [7, 11) is 0. The molecule has 2 atom stereocenters. The Balaban J connectivity index is 2.16. The van der Waals surface area contributed by atoms with Gasteiger partial charge in [-0.1, -0.05) is 0 Å². The summed E-state index contributed by atoms with van der Waals surface area (Å²) in [6.45, 7) is 6.00. The van der Waals surface area contributed by atoms with Crippen molar-refractivity contribution in [1.29, 1.82) is 0 Å². The zero-order valence-electron chi connectivity index (χ0n) is 12.7. The van der Waals surface area contributed by atoms with Crippen molar-refractivity contribution in [2.45, 2.75) is 39.4 Å². The van der Waals surface area contributed by atoms with Gasteiger partial charge in [0.05, 0.1) is 11.7 Å². The quantitative estimate of drug-likeness (QED) is 0.836. The van der Waals surface area contributed by atoms with E-state index in [0.29, 0.717) is 6.54 Å². The third-order valence-corrected chi connectivity index (χ3v) is 3.47. The van der Waals surface area contributed by atoms with Gasteiger partial charge in [0, 0.05) is 18.9 Å². The maximum absolute atomic E-state index is 12.4. The third-order valence-electron chi connectivity index (χ3n) is 3.47. The molecule has 0 radical (unpaired) electrons. The lowest BCUT2D eigenvalue weighted by Crippen LogP contribution is -2.31. The summed E-state index contributed by atoms with van der Waals surface area (Å²) >= 11 is 0. The molecular formula is C14H19N5O3. The van der Waals surface area contributed by atoms with Gasteiger partial charge in [-0.15, -0.1) is 0 Å². The summed E-state index contributed by atoms with van der Waals surface area (Å²) in [4.78, 5) is 23.4. The Morgan fingerprint density at radius 1 is 1.27 bits per heavy atom. The van der Waals surface area contributed by atoms with Crippen LogP contribution in [0.4, 0.5) is 0 Å². The zero-order valence-corrected chi connectivity index (χ0v) is 12.7. The number of nitrogens with one attached hydrogen (secondary N) is 1. The fourth-order valence-corrected chi connectivity index (χ4v) is 2.23. The van der Waals surface area contributed by atoms with Gasteiger partial charge in [0.15, 0.2) is 0 Å². The molecule has 2 aromatic heterocycles. The molecular weight excluding hydrogens is 286 g/mol. The minimum absolute atomic E-state index is 0.212. The molecule has 0 saturated carbocycles. The minimum atomic E-state index is -1.05. The third kappa shape index (κ3) is 3.00. The predicted molar refractivity (Wildman–Crippen MR) is 78.4 cm³/mol. The van der Waals surface area contributed by atoms with Gasteiger partial charge in [-0.25, -0.2) is 9.48 Å². The van der Waals surface area contributed by atoms with E-state index in [1.165, 1.54) is 23.9 Å². The van der Waals surface area contributed by atoms with Crippen LogP contribution in [0.1, 0.15) is 49.0 Å². The first-order valence-electron chi connectivity index (χ1n) is 7.04. The molecule has 2 rings (SSSR count). The maximum atomic E-state index is 12.4. The zero-order chi connectivity index (χ0) is 16.3. The molecule has 0 aliphatic rings. The highest BCUT2D eigenvalue weighted by atomic mass is 16.4. The number of hydrogen-bond acceptors (Lipinski definition) is 4. The Kier molecular flexibility index (Phi) is 4.59. The van der Waals surface area contributed by atoms with E-state index in [1.54, 1.807) is 10.9 Å². The Morgan fingerprint density at radius 3 is 2.59 bits per heavy atom. The van der Waals surface area contributed by atoms with Gasteiger partial charge in [-0.05, 0) is 32.9 Å². The molecule has 0 aliphatic carbocycles. The molecule has 2 aromatic rings. The van der Waals surface area contributed by atoms with Crippen LogP contribution in [-0.4, -0.2) is 36.5 Å². The number of carbonyl (C=O) groups excluding carboxylic acids is 1. The van der Waals surface area contributed by atoms with Crippen LogP contribution in [0.3, 0.4) is 0 Å². The first-order chi connectivity index (χ1) is 10.5. The number of rotatable bonds is 6. The van der Waals surface area contributed by atoms with Crippen LogP contribution in [0.15, 0.2) is 24.5 Å². The molecule has 0 bridgehead atoms. The standard InChI is InChI=1S/C14H19N5O3/c1-4-18-11(5-7-15-18)9(2)17-13(20)12-6-8-16-19(12)10(3)14(21)22/h5-10H,4H2,1-3H3,(H,17,20)(H,21,22). The Morgan fingerprint density at radius 2 is 1.95 bits per heavy atom. The van der Waals surface area contributed by atoms with Gasteiger partial charge in [-0.3, -0.25) is 9.48 Å². The monoisotopic (exact) mass is 305 g/mol. The average molecular weight is 305 g/mol. The highest BCUT2D eigenvalue weighted by Gasteiger charge is 2.22. The highest BCUT2D eigenvalue weighted by Crippen LogP contribution is 2.14. The fraction of sp³-hybridized carbons (Fsp3) is 0.429. The minimum Gasteiger partial charge on any atom is -0.480 e. The van der Waals surface area contributed by atoms with Crippen LogP contribution < -0.4 is 5.32 Å². The summed E-state index contributed by atoms with van der Waals surface area (Å²) in [5.74, 6) is -1.42. The lowest BCUT2D eigenvalue weighted by atomic mass is 10.2. The molecule has 2 N–H and O–H groups in total. The second kappa shape index (κ2) is 6.42. The molecule has 0 fully saturated rings. The fourth-order valence-electron chi connectivity index (χ4n) is 2.23. The number of aryl methyl sites for hydroxylation is 1. The molecule has 2 unspecified atom stereocenters. The predicted octanol–water partition coefficient (Wildman–Crippen LogP) is 1.24. The van der Waals surface area contributed by atoms with Gasteiger partial charge in [0.1, 0.15) is 11.7 Å². The molecule has 8 nitrogen and oxygen atoms in total. The van der Waals surface area contributed by atoms with E-state index in [4.69, 9.17) is 5.11 Å². The van der Waals surface area contributed by atoms with E-state index in [1.807, 2.05) is 19.9 Å². The van der Waals surface area contributed by atoms with Crippen LogP contribution in [0.25, 0.3) is 0 Å². The molecule has 22 heavy (non-hydrogen) atoms. The molecule has 118 valence electrons. The molecule has 2 heterocycles. The van der Waals surface area contributed by atoms with E-state index < -0.39 is 12.0 Å². The van der Waals surface area contributed by atoms with E-state index in [0.717, 1.165) is 5.69 Å². The van der Waals surface area contributed by atoms with E-state index in [-0.39, 0.29) is 17.6 Å². The van der Waals surface area contributed by atoms with Gasteiger partial charge >= 0.3 is 5.97 Å². The van der Waals surface area contributed by atoms with Crippen LogP contribution in [-0.2, 0) is 11.3 Å². The molecule has 0 aromatic carbocycles. The van der Waals surface area contributed by atoms with E-state index >= 15 is 0 Å². The number of carboxylic acid groups (broad SMARTS) is 1. The van der Waals surface area contributed by atoms with Crippen LogP contribution in [0.2, 0.25) is 0 Å². The molecule has 0 spiro atoms. The summed E-state index contributed by atoms with van der Waals surface area (Å²) in [5, 5.41) is 20.0. The van der Waals surface area contributed by atoms with Crippen molar-refractivity contribution >= 4 is 11.9 Å². The Hall–Kier alpha value is -2.64. The van der Waals surface area contributed by atoms with E-state index in [9.17, 15) is 9.59 Å². The average Bonchev–Trinajstić information content (AvgIpc) is 3.14. The molecule has 0 aliphatic heterocycles. The number of amides is 1. The second-order valence-electron chi connectivity index (χ2n) is 4.94. The second-order valence-corrected chi connectivity index (χ2v) is 4.94. The van der Waals surface area contributed by atoms with Crippen molar-refractivity contribution in [2.24, 2.45) is 0 Å². The maximum Gasteiger partial charge on any atom is 0.328 e. The van der Waals surface area contributed by atoms with Crippen molar-refractivity contribution in [3.63, 3.8) is 0 Å². The van der Waals surface area contributed by atoms with Crippen molar-refractivity contribution in [3.05, 3.63) is 35.9 Å². The van der Waals surface area contributed by atoms with Crippen molar-refractivity contribution in [2.75, 3.05) is 0 Å². The van der Waals surface area contributed by atoms with Crippen LogP contribution in [0.5, 0.6) is 0 Å². The van der Waals surface area contributed by atoms with Gasteiger partial charge in [0.2, 0.25) is 0 Å². The number of nitrogens with zero attached hydrogens (tertiary/aromatic N) is 4. The molecule has 0 saturated heterocycles. The van der Waals surface area contributed by atoms with Crippen LogP contribution in [0, 0.1) is 0 Å². The number of hydrogen-bond donors (Lipinski definition) is 2. The Bertz CT molecular complexity index is 676. The smallest absolute Gasteiger partial charge is 0.328 e. The highest BCUT2D eigenvalue weighted by molar-refractivity contribution is 5.93. The van der Waals surface area contributed by atoms with Crippen molar-refractivity contribution in [3.8, 4) is 0 Å². The first kappa shape index (κ1) is 15.7. The normalized spacial score (nSPS) is 13.6. The lowest BCUT2D eigenvalue weighted by molar-refractivity contribution is -0.140. The summed E-state index contributed by atoms with van der Waals surface area (Å²) < 4.78 is 2.99. The summed E-state index contributed by atoms with van der Waals surface area (Å²) in [5.41, 5.74) is 1.09. The van der Waals surface area contributed by atoms with Crippen molar-refractivity contribution < 1.29 is 14.7 Å². The number of aromatic nitrogens is 4. The van der Waals surface area contributed by atoms with Gasteiger partial charge in [-0.2, -0.15) is 10.2 Å². The number of carbonyl (C=O) groups is 2. The van der Waals surface area contributed by atoms with Crippen molar-refractivity contribution in [1.82, 2.24) is 24.9 Å². The number of aliphatic carboxylic acids is 1. The van der Waals surface area contributed by atoms with E-state index in [2.05, 4.69) is 15.5 Å². The van der Waals surface area contributed by atoms with Gasteiger partial charge < -0.3 is 10.4 Å². The Labute approximate surface area is 127 Å². The summed E-state index contributed by atoms with van der Waals surface area (Å²) in [6, 6.07) is 2.18. The lowest BCUT2D eigenvalue weighted by Gasteiger charge is -2.17. The van der Waals surface area contributed by atoms with Gasteiger partial charge in [0.25, 0.3) is 5.91 Å².